The molecular formula is C15H19NO3. The summed E-state index contributed by atoms with van der Waals surface area (Å²) >= 11 is 0. The van der Waals surface area contributed by atoms with Gasteiger partial charge in [0.15, 0.2) is 0 Å². The topological polar surface area (TPSA) is 61.5 Å². The maximum Gasteiger partial charge on any atom is 0.314 e. The van der Waals surface area contributed by atoms with Crippen LogP contribution in [0.25, 0.3) is 0 Å². The zero-order chi connectivity index (χ0) is 13.2. The number of ether oxygens (including phenoxy) is 2. The van der Waals surface area contributed by atoms with Crippen LogP contribution in [0.5, 0.6) is 11.5 Å². The summed E-state index contributed by atoms with van der Waals surface area (Å²) in [5, 5.41) is 0. The van der Waals surface area contributed by atoms with Gasteiger partial charge in [-0.2, -0.15) is 0 Å². The third-order valence-corrected chi connectivity index (χ3v) is 3.81. The Labute approximate surface area is 112 Å². The molecule has 0 atom stereocenters. The lowest BCUT2D eigenvalue weighted by Crippen LogP contribution is -2.26. The highest BCUT2D eigenvalue weighted by molar-refractivity contribution is 5.76. The van der Waals surface area contributed by atoms with Gasteiger partial charge in [-0.15, -0.1) is 0 Å². The smallest absolute Gasteiger partial charge is 0.314 e. The molecule has 19 heavy (non-hydrogen) atoms. The molecule has 0 aliphatic heterocycles. The number of rotatable bonds is 5. The van der Waals surface area contributed by atoms with E-state index in [0.29, 0.717) is 29.7 Å². The number of carbonyl (C=O) groups excluding carboxylic acids is 1. The fraction of sp³-hybridized carbons (Fsp3) is 0.533. The van der Waals surface area contributed by atoms with Crippen molar-refractivity contribution >= 4 is 11.7 Å². The first-order chi connectivity index (χ1) is 9.22. The van der Waals surface area contributed by atoms with Crippen molar-refractivity contribution in [2.24, 2.45) is 11.8 Å². The molecule has 0 unspecified atom stereocenters. The van der Waals surface area contributed by atoms with Crippen LogP contribution in [0.2, 0.25) is 0 Å². The van der Waals surface area contributed by atoms with Crippen molar-refractivity contribution in [3.63, 3.8) is 0 Å². The third kappa shape index (κ3) is 3.00. The Morgan fingerprint density at radius 1 is 1.26 bits per heavy atom. The second-order valence-corrected chi connectivity index (χ2v) is 5.50. The average molecular weight is 261 g/mol. The molecule has 4 heteroatoms. The maximum absolute atomic E-state index is 11.8. The Bertz CT molecular complexity index is 478. The molecule has 0 aromatic heterocycles. The molecule has 1 aromatic rings. The number of nitrogens with two attached hydrogens (primary N) is 1. The monoisotopic (exact) mass is 261 g/mol. The Morgan fingerprint density at radius 3 is 2.68 bits per heavy atom. The minimum absolute atomic E-state index is 0.0772. The van der Waals surface area contributed by atoms with Crippen molar-refractivity contribution in [2.45, 2.75) is 32.1 Å². The molecule has 4 nitrogen and oxygen atoms in total. The van der Waals surface area contributed by atoms with E-state index in [9.17, 15) is 4.79 Å². The molecule has 0 saturated heterocycles. The van der Waals surface area contributed by atoms with E-state index >= 15 is 0 Å². The van der Waals surface area contributed by atoms with Crippen molar-refractivity contribution < 1.29 is 14.3 Å². The molecule has 2 saturated carbocycles. The van der Waals surface area contributed by atoms with Crippen molar-refractivity contribution in [3.05, 3.63) is 18.2 Å². The molecule has 2 aliphatic carbocycles. The summed E-state index contributed by atoms with van der Waals surface area (Å²) in [5.74, 6) is 1.75. The summed E-state index contributed by atoms with van der Waals surface area (Å²) < 4.78 is 11.0. The SMILES string of the molecule is Nc1ccc(OC(=O)C2CCC2)cc1OCC1CC1. The average Bonchev–Trinajstić information content (AvgIpc) is 3.11. The van der Waals surface area contributed by atoms with Gasteiger partial charge in [0.2, 0.25) is 0 Å². The van der Waals surface area contributed by atoms with E-state index in [4.69, 9.17) is 15.2 Å². The molecule has 3 rings (SSSR count). The van der Waals surface area contributed by atoms with Crippen molar-refractivity contribution in [1.82, 2.24) is 0 Å². The van der Waals surface area contributed by atoms with Crippen molar-refractivity contribution in [1.29, 1.82) is 0 Å². The summed E-state index contributed by atoms with van der Waals surface area (Å²) in [5.41, 5.74) is 6.45. The van der Waals surface area contributed by atoms with E-state index in [1.807, 2.05) is 0 Å². The van der Waals surface area contributed by atoms with Crippen LogP contribution in [-0.2, 0) is 4.79 Å². The minimum Gasteiger partial charge on any atom is -0.491 e. The van der Waals surface area contributed by atoms with Crippen LogP contribution in [0, 0.1) is 11.8 Å². The predicted molar refractivity (Wildman–Crippen MR) is 72.0 cm³/mol. The Balaban J connectivity index is 1.63. The van der Waals surface area contributed by atoms with E-state index in [-0.39, 0.29) is 11.9 Å². The number of benzene rings is 1. The second kappa shape index (κ2) is 5.11. The first kappa shape index (κ1) is 12.3. The van der Waals surface area contributed by atoms with E-state index in [1.54, 1.807) is 18.2 Å². The lowest BCUT2D eigenvalue weighted by Gasteiger charge is -2.23. The van der Waals surface area contributed by atoms with Crippen LogP contribution in [0.4, 0.5) is 5.69 Å². The molecule has 0 bridgehead atoms. The maximum atomic E-state index is 11.8. The van der Waals surface area contributed by atoms with Crippen molar-refractivity contribution in [3.8, 4) is 11.5 Å². The normalized spacial score (nSPS) is 18.7. The Morgan fingerprint density at radius 2 is 2.05 bits per heavy atom. The summed E-state index contributed by atoms with van der Waals surface area (Å²) in [6.07, 6.45) is 5.47. The fourth-order valence-electron chi connectivity index (χ4n) is 2.04. The summed E-state index contributed by atoms with van der Waals surface area (Å²) in [7, 11) is 0. The van der Waals surface area contributed by atoms with Gasteiger partial charge >= 0.3 is 5.97 Å². The van der Waals surface area contributed by atoms with Gasteiger partial charge in [-0.25, -0.2) is 0 Å². The standard InChI is InChI=1S/C15H19NO3/c16-13-7-6-12(19-15(17)11-2-1-3-11)8-14(13)18-9-10-4-5-10/h6-8,10-11H,1-5,9,16H2. The number of hydrogen-bond acceptors (Lipinski definition) is 4. The van der Waals surface area contributed by atoms with Gasteiger partial charge in [0.1, 0.15) is 11.5 Å². The Kier molecular flexibility index (Phi) is 3.32. The molecule has 0 amide bonds. The van der Waals surface area contributed by atoms with E-state index in [1.165, 1.54) is 12.8 Å². The Hall–Kier alpha value is -1.71. The highest BCUT2D eigenvalue weighted by Crippen LogP contribution is 2.33. The highest BCUT2D eigenvalue weighted by Gasteiger charge is 2.27. The summed E-state index contributed by atoms with van der Waals surface area (Å²) in [6, 6.07) is 5.16. The first-order valence-electron chi connectivity index (χ1n) is 6.96. The van der Waals surface area contributed by atoms with Crippen molar-refractivity contribution in [2.75, 3.05) is 12.3 Å². The lowest BCUT2D eigenvalue weighted by atomic mass is 9.86. The number of hydrogen-bond donors (Lipinski definition) is 1. The largest absolute Gasteiger partial charge is 0.491 e. The van der Waals surface area contributed by atoms with Gasteiger partial charge in [0.25, 0.3) is 0 Å². The van der Waals surface area contributed by atoms with Crippen LogP contribution < -0.4 is 15.2 Å². The van der Waals surface area contributed by atoms with E-state index < -0.39 is 0 Å². The van der Waals surface area contributed by atoms with Crippen LogP contribution in [0.1, 0.15) is 32.1 Å². The molecule has 0 radical (unpaired) electrons. The predicted octanol–water partition coefficient (Wildman–Crippen LogP) is 2.76. The number of nitrogen functional groups attached to an aromatic ring is 1. The van der Waals surface area contributed by atoms with Crippen LogP contribution in [0.3, 0.4) is 0 Å². The molecule has 1 aromatic carbocycles. The second-order valence-electron chi connectivity index (χ2n) is 5.50. The van der Waals surface area contributed by atoms with Gasteiger partial charge in [-0.05, 0) is 43.7 Å². The number of carbonyl (C=O) groups is 1. The third-order valence-electron chi connectivity index (χ3n) is 3.81. The van der Waals surface area contributed by atoms with E-state index in [0.717, 1.165) is 19.3 Å². The molecule has 2 N–H and O–H groups in total. The fourth-order valence-corrected chi connectivity index (χ4v) is 2.04. The molecule has 102 valence electrons. The number of esters is 1. The van der Waals surface area contributed by atoms with Gasteiger partial charge < -0.3 is 15.2 Å². The molecular weight excluding hydrogens is 242 g/mol. The van der Waals surface area contributed by atoms with Gasteiger partial charge in [-0.3, -0.25) is 4.79 Å². The van der Waals surface area contributed by atoms with Gasteiger partial charge in [-0.1, -0.05) is 6.42 Å². The minimum atomic E-state index is -0.135. The molecule has 0 spiro atoms. The molecule has 0 heterocycles. The highest BCUT2D eigenvalue weighted by atomic mass is 16.5. The van der Waals surface area contributed by atoms with Gasteiger partial charge in [0.05, 0.1) is 18.2 Å². The zero-order valence-electron chi connectivity index (χ0n) is 10.9. The summed E-state index contributed by atoms with van der Waals surface area (Å²) in [6.45, 7) is 0.699. The molecule has 2 aliphatic rings. The van der Waals surface area contributed by atoms with Crippen LogP contribution in [-0.4, -0.2) is 12.6 Å². The van der Waals surface area contributed by atoms with Crippen LogP contribution >= 0.6 is 0 Å². The lowest BCUT2D eigenvalue weighted by molar-refractivity contribution is -0.141. The first-order valence-corrected chi connectivity index (χ1v) is 6.96. The number of anilines is 1. The summed E-state index contributed by atoms with van der Waals surface area (Å²) in [4.78, 5) is 11.8. The molecule has 2 fully saturated rings. The quantitative estimate of drug-likeness (QED) is 0.503. The van der Waals surface area contributed by atoms with Crippen LogP contribution in [0.15, 0.2) is 18.2 Å². The zero-order valence-corrected chi connectivity index (χ0v) is 10.9. The van der Waals surface area contributed by atoms with E-state index in [2.05, 4.69) is 0 Å². The van der Waals surface area contributed by atoms with Gasteiger partial charge in [0, 0.05) is 6.07 Å².